The predicted molar refractivity (Wildman–Crippen MR) is 80.0 cm³/mol. The average Bonchev–Trinajstić information content (AvgIpc) is 2.36. The summed E-state index contributed by atoms with van der Waals surface area (Å²) in [5.41, 5.74) is 7.14. The molecule has 2 N–H and O–H groups in total. The molecule has 0 saturated carbocycles. The second-order valence-electron chi connectivity index (χ2n) is 3.95. The Morgan fingerprint density at radius 3 is 2.53 bits per heavy atom. The summed E-state index contributed by atoms with van der Waals surface area (Å²) >= 11 is 9.25. The van der Waals surface area contributed by atoms with E-state index in [0.717, 1.165) is 4.47 Å². The van der Waals surface area contributed by atoms with Gasteiger partial charge in [0.05, 0.1) is 11.6 Å². The highest BCUT2D eigenvalue weighted by Gasteiger charge is 2.12. The Hall–Kier alpha value is -1.52. The molecule has 0 saturated heterocycles. The molecule has 0 amide bonds. The molecule has 0 spiro atoms. The number of rotatable bonds is 3. The number of hydrogen-bond donors (Lipinski definition) is 1. The standard InChI is InChI=1S/C14H11BrClNO2/c1-19-13-3-2-8(6-12(13)15)14(18)9-4-10(16)7-11(17)5-9/h2-7H,17H2,1H3. The van der Waals surface area contributed by atoms with Gasteiger partial charge >= 0.3 is 0 Å². The zero-order valence-electron chi connectivity index (χ0n) is 10.1. The summed E-state index contributed by atoms with van der Waals surface area (Å²) in [6, 6.07) is 9.93. The lowest BCUT2D eigenvalue weighted by molar-refractivity contribution is 0.103. The normalized spacial score (nSPS) is 10.3. The van der Waals surface area contributed by atoms with E-state index in [1.54, 1.807) is 43.5 Å². The Labute approximate surface area is 124 Å². The van der Waals surface area contributed by atoms with Crippen molar-refractivity contribution in [2.24, 2.45) is 0 Å². The molecule has 0 fully saturated rings. The molecule has 0 radical (unpaired) electrons. The van der Waals surface area contributed by atoms with Crippen molar-refractivity contribution in [1.29, 1.82) is 0 Å². The number of nitrogens with two attached hydrogens (primary N) is 1. The fourth-order valence-corrected chi connectivity index (χ4v) is 2.50. The third-order valence-corrected chi connectivity index (χ3v) is 3.43. The molecule has 19 heavy (non-hydrogen) atoms. The molecule has 5 heteroatoms. The molecule has 0 unspecified atom stereocenters. The van der Waals surface area contributed by atoms with Crippen molar-refractivity contribution in [1.82, 2.24) is 0 Å². The second kappa shape index (κ2) is 5.63. The molecule has 0 aliphatic carbocycles. The number of halogens is 2. The summed E-state index contributed by atoms with van der Waals surface area (Å²) in [6.45, 7) is 0. The molecule has 0 aliphatic rings. The number of carbonyl (C=O) groups is 1. The Morgan fingerprint density at radius 2 is 1.95 bits per heavy atom. The average molecular weight is 341 g/mol. The Balaban J connectivity index is 2.41. The van der Waals surface area contributed by atoms with Gasteiger partial charge in [-0.2, -0.15) is 0 Å². The molecule has 2 aromatic rings. The molecule has 0 atom stereocenters. The van der Waals surface area contributed by atoms with Crippen molar-refractivity contribution in [3.8, 4) is 5.75 Å². The number of methoxy groups -OCH3 is 1. The molecule has 0 bridgehead atoms. The van der Waals surface area contributed by atoms with E-state index < -0.39 is 0 Å². The Morgan fingerprint density at radius 1 is 1.21 bits per heavy atom. The summed E-state index contributed by atoms with van der Waals surface area (Å²) in [4.78, 5) is 12.3. The predicted octanol–water partition coefficient (Wildman–Crippen LogP) is 3.92. The first-order chi connectivity index (χ1) is 9.01. The number of anilines is 1. The maximum absolute atomic E-state index is 12.3. The van der Waals surface area contributed by atoms with Gasteiger partial charge in [-0.1, -0.05) is 11.6 Å². The third-order valence-electron chi connectivity index (χ3n) is 2.60. The van der Waals surface area contributed by atoms with Gasteiger partial charge in [0.25, 0.3) is 0 Å². The van der Waals surface area contributed by atoms with E-state index in [1.165, 1.54) is 0 Å². The van der Waals surface area contributed by atoms with Crippen molar-refractivity contribution in [2.75, 3.05) is 12.8 Å². The molecule has 0 aliphatic heterocycles. The minimum atomic E-state index is -0.141. The van der Waals surface area contributed by atoms with Crippen LogP contribution in [0.25, 0.3) is 0 Å². The van der Waals surface area contributed by atoms with Crippen molar-refractivity contribution >= 4 is 39.0 Å². The van der Waals surface area contributed by atoms with Crippen LogP contribution in [0.4, 0.5) is 5.69 Å². The third kappa shape index (κ3) is 3.08. The van der Waals surface area contributed by atoms with E-state index in [4.69, 9.17) is 22.1 Å². The first kappa shape index (κ1) is 13.9. The van der Waals surface area contributed by atoms with Crippen LogP contribution in [0, 0.1) is 0 Å². The van der Waals surface area contributed by atoms with E-state index in [9.17, 15) is 4.79 Å². The van der Waals surface area contributed by atoms with Gasteiger partial charge in [-0.15, -0.1) is 0 Å². The zero-order valence-corrected chi connectivity index (χ0v) is 12.5. The lowest BCUT2D eigenvalue weighted by Crippen LogP contribution is -2.02. The zero-order chi connectivity index (χ0) is 14.0. The highest BCUT2D eigenvalue weighted by atomic mass is 79.9. The molecule has 98 valence electrons. The van der Waals surface area contributed by atoms with Gasteiger partial charge in [0.15, 0.2) is 5.78 Å². The lowest BCUT2D eigenvalue weighted by Gasteiger charge is -2.07. The summed E-state index contributed by atoms with van der Waals surface area (Å²) in [7, 11) is 1.57. The molecule has 2 rings (SSSR count). The van der Waals surface area contributed by atoms with Gasteiger partial charge in [-0.05, 0) is 52.3 Å². The van der Waals surface area contributed by atoms with Crippen LogP contribution >= 0.6 is 27.5 Å². The van der Waals surface area contributed by atoms with Crippen LogP contribution in [-0.4, -0.2) is 12.9 Å². The summed E-state index contributed by atoms with van der Waals surface area (Å²) in [5.74, 6) is 0.528. The molecular weight excluding hydrogens is 330 g/mol. The summed E-state index contributed by atoms with van der Waals surface area (Å²) in [5, 5.41) is 0.441. The van der Waals surface area contributed by atoms with Gasteiger partial charge in [-0.25, -0.2) is 0 Å². The topological polar surface area (TPSA) is 52.3 Å². The monoisotopic (exact) mass is 339 g/mol. The smallest absolute Gasteiger partial charge is 0.193 e. The van der Waals surface area contributed by atoms with E-state index in [2.05, 4.69) is 15.9 Å². The maximum Gasteiger partial charge on any atom is 0.193 e. The highest BCUT2D eigenvalue weighted by Crippen LogP contribution is 2.27. The van der Waals surface area contributed by atoms with Crippen LogP contribution < -0.4 is 10.5 Å². The van der Waals surface area contributed by atoms with Gasteiger partial charge in [-0.3, -0.25) is 4.79 Å². The van der Waals surface area contributed by atoms with E-state index in [-0.39, 0.29) is 5.78 Å². The Kier molecular flexibility index (Phi) is 4.12. The number of benzene rings is 2. The fourth-order valence-electron chi connectivity index (χ4n) is 1.72. The largest absolute Gasteiger partial charge is 0.496 e. The number of hydrogen-bond acceptors (Lipinski definition) is 3. The summed E-state index contributed by atoms with van der Waals surface area (Å²) in [6.07, 6.45) is 0. The number of ketones is 1. The van der Waals surface area contributed by atoms with Crippen molar-refractivity contribution in [3.63, 3.8) is 0 Å². The van der Waals surface area contributed by atoms with Gasteiger partial charge in [0.1, 0.15) is 5.75 Å². The van der Waals surface area contributed by atoms with Crippen LogP contribution in [0.2, 0.25) is 5.02 Å². The fraction of sp³-hybridized carbons (Fsp3) is 0.0714. The van der Waals surface area contributed by atoms with Crippen LogP contribution in [-0.2, 0) is 0 Å². The minimum absolute atomic E-state index is 0.141. The number of ether oxygens (including phenoxy) is 1. The van der Waals surface area contributed by atoms with Crippen LogP contribution in [0.1, 0.15) is 15.9 Å². The SMILES string of the molecule is COc1ccc(C(=O)c2cc(N)cc(Cl)c2)cc1Br. The highest BCUT2D eigenvalue weighted by molar-refractivity contribution is 9.10. The quantitative estimate of drug-likeness (QED) is 0.680. The second-order valence-corrected chi connectivity index (χ2v) is 5.24. The molecule has 0 heterocycles. The van der Waals surface area contributed by atoms with Crippen molar-refractivity contribution < 1.29 is 9.53 Å². The Bertz CT molecular complexity index is 623. The van der Waals surface area contributed by atoms with Gasteiger partial charge < -0.3 is 10.5 Å². The minimum Gasteiger partial charge on any atom is -0.496 e. The summed E-state index contributed by atoms with van der Waals surface area (Å²) < 4.78 is 5.84. The number of nitrogen functional groups attached to an aromatic ring is 1. The van der Waals surface area contributed by atoms with Crippen LogP contribution in [0.3, 0.4) is 0 Å². The first-order valence-electron chi connectivity index (χ1n) is 5.45. The molecule has 0 aromatic heterocycles. The number of carbonyl (C=O) groups excluding carboxylic acids is 1. The van der Waals surface area contributed by atoms with Crippen molar-refractivity contribution in [3.05, 3.63) is 57.0 Å². The van der Waals surface area contributed by atoms with Crippen LogP contribution in [0.5, 0.6) is 5.75 Å². The lowest BCUT2D eigenvalue weighted by atomic mass is 10.0. The van der Waals surface area contributed by atoms with E-state index in [0.29, 0.717) is 27.6 Å². The molecule has 3 nitrogen and oxygen atoms in total. The van der Waals surface area contributed by atoms with Gasteiger partial charge in [0, 0.05) is 21.8 Å². The van der Waals surface area contributed by atoms with E-state index in [1.807, 2.05) is 0 Å². The molecule has 2 aromatic carbocycles. The van der Waals surface area contributed by atoms with E-state index >= 15 is 0 Å². The first-order valence-corrected chi connectivity index (χ1v) is 6.62. The van der Waals surface area contributed by atoms with Gasteiger partial charge in [0.2, 0.25) is 0 Å². The van der Waals surface area contributed by atoms with Crippen molar-refractivity contribution in [2.45, 2.75) is 0 Å². The van der Waals surface area contributed by atoms with Crippen LogP contribution in [0.15, 0.2) is 40.9 Å². The maximum atomic E-state index is 12.3. The molecular formula is C14H11BrClNO2.